The number of benzene rings is 2. The molecule has 0 aliphatic rings. The molecular weight excluding hydrogens is 436 g/mol. The van der Waals surface area contributed by atoms with Crippen LogP contribution >= 0.6 is 15.9 Å². The monoisotopic (exact) mass is 452 g/mol. The summed E-state index contributed by atoms with van der Waals surface area (Å²) in [5.41, 5.74) is 13.3. The first-order valence-electron chi connectivity index (χ1n) is 8.54. The Labute approximate surface area is 175 Å². The van der Waals surface area contributed by atoms with Crippen LogP contribution in [0.2, 0.25) is 0 Å². The van der Waals surface area contributed by atoms with Crippen LogP contribution in [0.1, 0.15) is 11.1 Å². The highest BCUT2D eigenvalue weighted by Gasteiger charge is 2.18. The minimum Gasteiger partial charge on any atom is -0.483 e. The molecule has 0 fully saturated rings. The molecular formula is C20H17BrN6O2. The van der Waals surface area contributed by atoms with E-state index in [1.807, 2.05) is 36.4 Å². The second kappa shape index (κ2) is 9.03. The number of carbonyl (C=O) groups is 1. The molecule has 8 nitrogen and oxygen atoms in total. The second-order valence-corrected chi connectivity index (χ2v) is 6.91. The number of carbonyl (C=O) groups excluding carboxylic acids is 1. The average Bonchev–Trinajstić information content (AvgIpc) is 2.71. The molecule has 1 heterocycles. The number of nitrogens with zero attached hydrogens (tertiary/aromatic N) is 3. The molecule has 9 heteroatoms. The van der Waals surface area contributed by atoms with Crippen molar-refractivity contribution >= 4 is 33.6 Å². The van der Waals surface area contributed by atoms with Crippen LogP contribution in [-0.2, 0) is 11.3 Å². The van der Waals surface area contributed by atoms with E-state index in [4.69, 9.17) is 16.2 Å². The summed E-state index contributed by atoms with van der Waals surface area (Å²) in [6, 6.07) is 16.7. The van der Waals surface area contributed by atoms with Crippen molar-refractivity contribution in [3.8, 4) is 23.1 Å². The smallest absolute Gasteiger partial charge is 0.258 e. The van der Waals surface area contributed by atoms with E-state index in [1.165, 1.54) is 0 Å². The molecule has 0 unspecified atom stereocenters. The SMILES string of the molecule is N#Cc1c(N)nc(N)nc1-c1cc(Br)ccc1OCC(=O)NCc1ccccc1. The maximum atomic E-state index is 12.2. The lowest BCUT2D eigenvalue weighted by molar-refractivity contribution is -0.123. The number of anilines is 2. The number of aromatic nitrogens is 2. The molecule has 0 aliphatic carbocycles. The molecule has 0 saturated heterocycles. The Hall–Kier alpha value is -3.64. The Kier molecular flexibility index (Phi) is 6.26. The molecule has 3 rings (SSSR count). The highest BCUT2D eigenvalue weighted by molar-refractivity contribution is 9.10. The van der Waals surface area contributed by atoms with Gasteiger partial charge >= 0.3 is 0 Å². The van der Waals surface area contributed by atoms with Gasteiger partial charge in [0.1, 0.15) is 23.2 Å². The third kappa shape index (κ3) is 5.00. The number of hydrogen-bond acceptors (Lipinski definition) is 7. The van der Waals surface area contributed by atoms with E-state index < -0.39 is 0 Å². The van der Waals surface area contributed by atoms with E-state index >= 15 is 0 Å². The minimum absolute atomic E-state index is 0.0264. The number of nitrogens with one attached hydrogen (secondary N) is 1. The fourth-order valence-electron chi connectivity index (χ4n) is 2.61. The average molecular weight is 453 g/mol. The fourth-order valence-corrected chi connectivity index (χ4v) is 2.97. The van der Waals surface area contributed by atoms with Gasteiger partial charge in [-0.25, -0.2) is 4.98 Å². The van der Waals surface area contributed by atoms with Gasteiger partial charge in [-0.2, -0.15) is 10.2 Å². The molecule has 146 valence electrons. The van der Waals surface area contributed by atoms with E-state index in [0.29, 0.717) is 17.9 Å². The Morgan fingerprint density at radius 3 is 2.66 bits per heavy atom. The van der Waals surface area contributed by atoms with Crippen molar-refractivity contribution in [2.75, 3.05) is 18.1 Å². The second-order valence-electron chi connectivity index (χ2n) is 5.99. The van der Waals surface area contributed by atoms with Crippen LogP contribution in [-0.4, -0.2) is 22.5 Å². The van der Waals surface area contributed by atoms with Crippen LogP contribution in [0.3, 0.4) is 0 Å². The van der Waals surface area contributed by atoms with Crippen LogP contribution in [0, 0.1) is 11.3 Å². The van der Waals surface area contributed by atoms with Crippen molar-refractivity contribution in [3.63, 3.8) is 0 Å². The summed E-state index contributed by atoms with van der Waals surface area (Å²) < 4.78 is 6.42. The lowest BCUT2D eigenvalue weighted by atomic mass is 10.1. The molecule has 0 bridgehead atoms. The Bertz CT molecular complexity index is 1080. The van der Waals surface area contributed by atoms with Crippen molar-refractivity contribution in [3.05, 3.63) is 64.1 Å². The lowest BCUT2D eigenvalue weighted by Gasteiger charge is -2.13. The summed E-state index contributed by atoms with van der Waals surface area (Å²) >= 11 is 3.38. The van der Waals surface area contributed by atoms with Gasteiger partial charge < -0.3 is 21.5 Å². The van der Waals surface area contributed by atoms with Gasteiger partial charge in [-0.15, -0.1) is 0 Å². The van der Waals surface area contributed by atoms with E-state index in [9.17, 15) is 10.1 Å². The molecule has 0 aliphatic heterocycles. The maximum absolute atomic E-state index is 12.2. The van der Waals surface area contributed by atoms with Gasteiger partial charge in [0.2, 0.25) is 5.95 Å². The number of halogens is 1. The molecule has 5 N–H and O–H groups in total. The number of amides is 1. The Balaban J connectivity index is 1.80. The van der Waals surface area contributed by atoms with Gasteiger partial charge in [-0.3, -0.25) is 4.79 Å². The van der Waals surface area contributed by atoms with Gasteiger partial charge in [-0.1, -0.05) is 46.3 Å². The van der Waals surface area contributed by atoms with E-state index in [1.54, 1.807) is 18.2 Å². The maximum Gasteiger partial charge on any atom is 0.258 e. The summed E-state index contributed by atoms with van der Waals surface area (Å²) in [5, 5.41) is 12.2. The molecule has 0 atom stereocenters. The largest absolute Gasteiger partial charge is 0.483 e. The summed E-state index contributed by atoms with van der Waals surface area (Å²) in [7, 11) is 0. The number of nitrogen functional groups attached to an aromatic ring is 2. The normalized spacial score (nSPS) is 10.2. The van der Waals surface area contributed by atoms with Gasteiger partial charge in [-0.05, 0) is 23.8 Å². The number of nitriles is 1. The van der Waals surface area contributed by atoms with Gasteiger partial charge in [0.15, 0.2) is 6.61 Å². The van der Waals surface area contributed by atoms with E-state index in [-0.39, 0.29) is 35.5 Å². The predicted octanol–water partition coefficient (Wildman–Crippen LogP) is 2.64. The number of rotatable bonds is 6. The highest BCUT2D eigenvalue weighted by atomic mass is 79.9. The molecule has 29 heavy (non-hydrogen) atoms. The first kappa shape index (κ1) is 20.1. The van der Waals surface area contributed by atoms with Crippen LogP contribution < -0.4 is 21.5 Å². The number of ether oxygens (including phenoxy) is 1. The summed E-state index contributed by atoms with van der Waals surface area (Å²) in [4.78, 5) is 20.1. The molecule has 2 aromatic carbocycles. The van der Waals surface area contributed by atoms with Crippen molar-refractivity contribution in [2.45, 2.75) is 6.54 Å². The fraction of sp³-hybridized carbons (Fsp3) is 0.100. The predicted molar refractivity (Wildman–Crippen MR) is 112 cm³/mol. The van der Waals surface area contributed by atoms with Crippen LogP contribution in [0.15, 0.2) is 53.0 Å². The van der Waals surface area contributed by atoms with Crippen molar-refractivity contribution in [1.29, 1.82) is 5.26 Å². The minimum atomic E-state index is -0.287. The summed E-state index contributed by atoms with van der Waals surface area (Å²) in [5.74, 6) is -0.0217. The van der Waals surface area contributed by atoms with Gasteiger partial charge in [0.25, 0.3) is 5.91 Å². The van der Waals surface area contributed by atoms with E-state index in [0.717, 1.165) is 10.0 Å². The third-order valence-electron chi connectivity index (χ3n) is 3.95. The molecule has 3 aromatic rings. The van der Waals surface area contributed by atoms with Crippen molar-refractivity contribution in [2.24, 2.45) is 0 Å². The third-order valence-corrected chi connectivity index (χ3v) is 4.45. The quantitative estimate of drug-likeness (QED) is 0.521. The van der Waals surface area contributed by atoms with Crippen LogP contribution in [0.5, 0.6) is 5.75 Å². The van der Waals surface area contributed by atoms with Crippen LogP contribution in [0.4, 0.5) is 11.8 Å². The molecule has 1 amide bonds. The Morgan fingerprint density at radius 2 is 1.93 bits per heavy atom. The molecule has 0 spiro atoms. The van der Waals surface area contributed by atoms with Crippen molar-refractivity contribution < 1.29 is 9.53 Å². The Morgan fingerprint density at radius 1 is 1.17 bits per heavy atom. The zero-order valence-electron chi connectivity index (χ0n) is 15.2. The molecule has 0 radical (unpaired) electrons. The molecule has 1 aromatic heterocycles. The summed E-state index contributed by atoms with van der Waals surface area (Å²) in [6.45, 7) is 0.188. The standard InChI is InChI=1S/C20H17BrN6O2/c21-13-6-7-16(29-11-17(28)25-10-12-4-2-1-3-5-12)14(8-13)18-15(9-22)19(23)27-20(24)26-18/h1-8H,10-11H2,(H,25,28)(H4,23,24,26,27). The van der Waals surface area contributed by atoms with Crippen LogP contribution in [0.25, 0.3) is 11.3 Å². The molecule has 0 saturated carbocycles. The van der Waals surface area contributed by atoms with Gasteiger partial charge in [0.05, 0.1) is 5.69 Å². The first-order valence-corrected chi connectivity index (χ1v) is 9.33. The highest BCUT2D eigenvalue weighted by Crippen LogP contribution is 2.35. The number of nitrogens with two attached hydrogens (primary N) is 2. The number of hydrogen-bond donors (Lipinski definition) is 3. The zero-order chi connectivity index (χ0) is 20.8. The van der Waals surface area contributed by atoms with Crippen molar-refractivity contribution in [1.82, 2.24) is 15.3 Å². The topological polar surface area (TPSA) is 140 Å². The first-order chi connectivity index (χ1) is 14.0. The van der Waals surface area contributed by atoms with Gasteiger partial charge in [0, 0.05) is 16.6 Å². The van der Waals surface area contributed by atoms with E-state index in [2.05, 4.69) is 31.2 Å². The zero-order valence-corrected chi connectivity index (χ0v) is 16.8. The summed E-state index contributed by atoms with van der Waals surface area (Å²) in [6.07, 6.45) is 0. The lowest BCUT2D eigenvalue weighted by Crippen LogP contribution is -2.28.